The number of carbonyl (C=O) groups excluding carboxylic acids is 1. The summed E-state index contributed by atoms with van der Waals surface area (Å²) in [6.07, 6.45) is 1.77. The number of hydrogen-bond donors (Lipinski definition) is 2. The van der Waals surface area contributed by atoms with E-state index in [1.807, 2.05) is 0 Å². The van der Waals surface area contributed by atoms with Gasteiger partial charge in [-0.2, -0.15) is 0 Å². The van der Waals surface area contributed by atoms with Crippen LogP contribution in [0.2, 0.25) is 5.02 Å². The molecule has 0 heterocycles. The Morgan fingerprint density at radius 1 is 1.44 bits per heavy atom. The van der Waals surface area contributed by atoms with Crippen LogP contribution < -0.4 is 5.32 Å². The van der Waals surface area contributed by atoms with Crippen molar-refractivity contribution < 1.29 is 14.6 Å². The molecule has 1 aromatic carbocycles. The van der Waals surface area contributed by atoms with E-state index in [9.17, 15) is 9.90 Å². The van der Waals surface area contributed by atoms with Crippen LogP contribution in [0.4, 0.5) is 0 Å². The maximum absolute atomic E-state index is 11.7. The number of phenolic OH excluding ortho intramolecular Hbond substituents is 1. The average molecular weight is 272 g/mol. The van der Waals surface area contributed by atoms with E-state index in [2.05, 4.69) is 12.2 Å². The second-order valence-corrected chi connectivity index (χ2v) is 4.30. The maximum atomic E-state index is 11.7. The highest BCUT2D eigenvalue weighted by Crippen LogP contribution is 2.23. The highest BCUT2D eigenvalue weighted by molar-refractivity contribution is 6.32. The molecule has 1 aromatic rings. The first-order chi connectivity index (χ1) is 8.65. The summed E-state index contributed by atoms with van der Waals surface area (Å²) < 4.78 is 5.30. The molecule has 0 unspecified atom stereocenters. The van der Waals surface area contributed by atoms with Crippen LogP contribution in [-0.2, 0) is 4.74 Å². The lowest BCUT2D eigenvalue weighted by Crippen LogP contribution is -2.25. The molecule has 0 fully saturated rings. The largest absolute Gasteiger partial charge is 0.506 e. The molecular formula is C13H18ClNO3. The van der Waals surface area contributed by atoms with Crippen molar-refractivity contribution in [2.75, 3.05) is 19.8 Å². The first kappa shape index (κ1) is 14.8. The Labute approximate surface area is 112 Å². The van der Waals surface area contributed by atoms with Crippen molar-refractivity contribution >= 4 is 17.5 Å². The fourth-order valence-corrected chi connectivity index (χ4v) is 1.55. The van der Waals surface area contributed by atoms with Gasteiger partial charge in [0.25, 0.3) is 5.91 Å². The number of rotatable bonds is 7. The van der Waals surface area contributed by atoms with E-state index >= 15 is 0 Å². The van der Waals surface area contributed by atoms with Crippen LogP contribution >= 0.6 is 11.6 Å². The van der Waals surface area contributed by atoms with Gasteiger partial charge in [0.2, 0.25) is 0 Å². The Kier molecular flexibility index (Phi) is 6.54. The van der Waals surface area contributed by atoms with E-state index in [1.165, 1.54) is 18.2 Å². The molecule has 18 heavy (non-hydrogen) atoms. The highest BCUT2D eigenvalue weighted by Gasteiger charge is 2.07. The van der Waals surface area contributed by atoms with Gasteiger partial charge in [0.15, 0.2) is 0 Å². The van der Waals surface area contributed by atoms with Crippen LogP contribution in [0.5, 0.6) is 5.75 Å². The molecule has 100 valence electrons. The molecule has 5 heteroatoms. The standard InChI is InChI=1S/C13H18ClNO3/c1-2-7-18-8-3-6-15-13(17)10-4-5-12(16)11(14)9-10/h4-5,9,16H,2-3,6-8H2,1H3,(H,15,17). The van der Waals surface area contributed by atoms with Gasteiger partial charge in [0, 0.05) is 25.3 Å². The summed E-state index contributed by atoms with van der Waals surface area (Å²) in [5.74, 6) is -0.228. The number of amides is 1. The topological polar surface area (TPSA) is 58.6 Å². The lowest BCUT2D eigenvalue weighted by Gasteiger charge is -2.06. The number of phenols is 1. The summed E-state index contributed by atoms with van der Waals surface area (Å²) in [7, 11) is 0. The third-order valence-electron chi connectivity index (χ3n) is 2.31. The van der Waals surface area contributed by atoms with Crippen molar-refractivity contribution in [3.63, 3.8) is 0 Å². The number of aromatic hydroxyl groups is 1. The first-order valence-electron chi connectivity index (χ1n) is 5.99. The second kappa shape index (κ2) is 7.95. The summed E-state index contributed by atoms with van der Waals surface area (Å²) >= 11 is 5.73. The predicted octanol–water partition coefficient (Wildman–Crippen LogP) is 2.59. The lowest BCUT2D eigenvalue weighted by atomic mass is 10.2. The molecule has 0 saturated carbocycles. The minimum Gasteiger partial charge on any atom is -0.506 e. The molecule has 1 rings (SSSR count). The number of benzene rings is 1. The zero-order valence-electron chi connectivity index (χ0n) is 10.4. The van der Waals surface area contributed by atoms with E-state index in [0.29, 0.717) is 18.7 Å². The van der Waals surface area contributed by atoms with Crippen molar-refractivity contribution in [3.05, 3.63) is 28.8 Å². The first-order valence-corrected chi connectivity index (χ1v) is 6.37. The fourth-order valence-electron chi connectivity index (χ4n) is 1.37. The maximum Gasteiger partial charge on any atom is 0.251 e. The molecule has 0 aliphatic heterocycles. The Balaban J connectivity index is 2.30. The van der Waals surface area contributed by atoms with Gasteiger partial charge in [-0.1, -0.05) is 18.5 Å². The minimum atomic E-state index is -0.201. The van der Waals surface area contributed by atoms with Crippen LogP contribution in [-0.4, -0.2) is 30.8 Å². The smallest absolute Gasteiger partial charge is 0.251 e. The van der Waals surface area contributed by atoms with Crippen molar-refractivity contribution in [1.29, 1.82) is 0 Å². The summed E-state index contributed by atoms with van der Waals surface area (Å²) in [5.41, 5.74) is 0.437. The van der Waals surface area contributed by atoms with Crippen molar-refractivity contribution in [2.45, 2.75) is 19.8 Å². The molecule has 4 nitrogen and oxygen atoms in total. The Morgan fingerprint density at radius 2 is 2.22 bits per heavy atom. The van der Waals surface area contributed by atoms with E-state index in [0.717, 1.165) is 19.4 Å². The van der Waals surface area contributed by atoms with Gasteiger partial charge < -0.3 is 15.2 Å². The van der Waals surface area contributed by atoms with Crippen molar-refractivity contribution in [2.24, 2.45) is 0 Å². The lowest BCUT2D eigenvalue weighted by molar-refractivity contribution is 0.0941. The quantitative estimate of drug-likeness (QED) is 0.750. The minimum absolute atomic E-state index is 0.0267. The molecule has 0 bridgehead atoms. The van der Waals surface area contributed by atoms with Crippen LogP contribution in [0, 0.1) is 0 Å². The molecular weight excluding hydrogens is 254 g/mol. The van der Waals surface area contributed by atoms with Gasteiger partial charge in [-0.15, -0.1) is 0 Å². The number of halogens is 1. The van der Waals surface area contributed by atoms with E-state index < -0.39 is 0 Å². The molecule has 0 aliphatic rings. The van der Waals surface area contributed by atoms with Gasteiger partial charge >= 0.3 is 0 Å². The van der Waals surface area contributed by atoms with Gasteiger partial charge in [-0.25, -0.2) is 0 Å². The van der Waals surface area contributed by atoms with Gasteiger partial charge in [-0.3, -0.25) is 4.79 Å². The van der Waals surface area contributed by atoms with Crippen LogP contribution in [0.3, 0.4) is 0 Å². The third kappa shape index (κ3) is 4.94. The summed E-state index contributed by atoms with van der Waals surface area (Å²) in [4.78, 5) is 11.7. The number of hydrogen-bond acceptors (Lipinski definition) is 3. The van der Waals surface area contributed by atoms with Gasteiger partial charge in [-0.05, 0) is 31.0 Å². The number of carbonyl (C=O) groups is 1. The van der Waals surface area contributed by atoms with Crippen molar-refractivity contribution in [1.82, 2.24) is 5.32 Å². The highest BCUT2D eigenvalue weighted by atomic mass is 35.5. The molecule has 2 N–H and O–H groups in total. The zero-order chi connectivity index (χ0) is 13.4. The van der Waals surface area contributed by atoms with Crippen molar-refractivity contribution in [3.8, 4) is 5.75 Å². The summed E-state index contributed by atoms with van der Waals surface area (Å²) in [5, 5.41) is 12.2. The monoisotopic (exact) mass is 271 g/mol. The SMILES string of the molecule is CCCOCCCNC(=O)c1ccc(O)c(Cl)c1. The number of nitrogens with one attached hydrogen (secondary N) is 1. The van der Waals surface area contributed by atoms with Gasteiger partial charge in [0.1, 0.15) is 5.75 Å². The molecule has 0 saturated heterocycles. The molecule has 0 aromatic heterocycles. The van der Waals surface area contributed by atoms with Crippen LogP contribution in [0.1, 0.15) is 30.1 Å². The second-order valence-electron chi connectivity index (χ2n) is 3.89. The van der Waals surface area contributed by atoms with Crippen LogP contribution in [0.25, 0.3) is 0 Å². The molecule has 0 aliphatic carbocycles. The average Bonchev–Trinajstić information content (AvgIpc) is 2.36. The molecule has 0 atom stereocenters. The summed E-state index contributed by atoms with van der Waals surface area (Å²) in [6.45, 7) is 4.00. The third-order valence-corrected chi connectivity index (χ3v) is 2.61. The Morgan fingerprint density at radius 3 is 2.89 bits per heavy atom. The summed E-state index contributed by atoms with van der Waals surface area (Å²) in [6, 6.07) is 4.38. The van der Waals surface area contributed by atoms with E-state index in [4.69, 9.17) is 16.3 Å². The normalized spacial score (nSPS) is 10.3. The van der Waals surface area contributed by atoms with E-state index in [1.54, 1.807) is 0 Å². The molecule has 1 amide bonds. The predicted molar refractivity (Wildman–Crippen MR) is 71.2 cm³/mol. The molecule has 0 radical (unpaired) electrons. The van der Waals surface area contributed by atoms with Crippen LogP contribution in [0.15, 0.2) is 18.2 Å². The molecule has 0 spiro atoms. The Hall–Kier alpha value is -1.26. The fraction of sp³-hybridized carbons (Fsp3) is 0.462. The Bertz CT molecular complexity index is 396. The number of ether oxygens (including phenoxy) is 1. The van der Waals surface area contributed by atoms with E-state index in [-0.39, 0.29) is 16.7 Å². The zero-order valence-corrected chi connectivity index (χ0v) is 11.2. The van der Waals surface area contributed by atoms with Gasteiger partial charge in [0.05, 0.1) is 5.02 Å².